The Bertz CT molecular complexity index is 2240. The van der Waals surface area contributed by atoms with Crippen LogP contribution in [0.2, 0.25) is 0 Å². The lowest BCUT2D eigenvalue weighted by Crippen LogP contribution is -2.80. The van der Waals surface area contributed by atoms with Gasteiger partial charge < -0.3 is 24.8 Å². The highest BCUT2D eigenvalue weighted by Crippen LogP contribution is 2.81. The van der Waals surface area contributed by atoms with Gasteiger partial charge >= 0.3 is 0 Å². The van der Waals surface area contributed by atoms with Crippen LogP contribution in [0.3, 0.4) is 0 Å². The van der Waals surface area contributed by atoms with E-state index in [9.17, 15) is 15.3 Å². The number of aliphatic hydroxyl groups is 2. The molecule has 10 aliphatic carbocycles. The summed E-state index contributed by atoms with van der Waals surface area (Å²) in [7, 11) is 0. The highest BCUT2D eigenvalue weighted by Gasteiger charge is 2.82. The minimum atomic E-state index is -0.785. The standard InChI is InChI=1S/C30H43NO2.C29H41NO3/c1-18-7-10-20-15-22-29-12-11-27(5,21(16-29)28(6,32)26(2,3)4)25-30(29,23(20)24(18)33-25)13-14-31(22)17-19-8-9-19;1-25(2,3)27(5,32)20-15-28-11-10-26(20,4)24-29(28)12-13-30(16-17-6-7-17)21(28)14-18-8-9-19(31)23(33-24)22(18)29/h7,10,19,21-22,25,32H,8-9,11-17H2,1-6H3;8-9,17,20-21,24,31-32H,6-7,10-16H2,1-5H3/t21-,22+,25-,27-,28-,29+,30-;20-,21+,24-,26-,27-,28+,29-/m00/s1. The summed E-state index contributed by atoms with van der Waals surface area (Å²) in [5, 5.41) is 35.3. The van der Waals surface area contributed by atoms with Crippen molar-refractivity contribution in [2.24, 2.45) is 56.2 Å². The normalized spacial score (nSPS) is 44.9. The number of ether oxygens (including phenoxy) is 2. The van der Waals surface area contributed by atoms with Crippen molar-refractivity contribution in [3.8, 4) is 17.2 Å². The molecule has 8 saturated carbocycles. The Morgan fingerprint density at radius 2 is 1.02 bits per heavy atom. The lowest BCUT2D eigenvalue weighted by molar-refractivity contribution is -0.276. The highest BCUT2D eigenvalue weighted by molar-refractivity contribution is 5.64. The average Bonchev–Trinajstić information content (AvgIpc) is 4.18. The number of hydrogen-bond acceptors (Lipinski definition) is 7. The van der Waals surface area contributed by atoms with Gasteiger partial charge in [-0.25, -0.2) is 0 Å². The van der Waals surface area contributed by atoms with Crippen LogP contribution in [0.15, 0.2) is 24.3 Å². The summed E-state index contributed by atoms with van der Waals surface area (Å²) in [6.07, 6.45) is 17.5. The van der Waals surface area contributed by atoms with Gasteiger partial charge in [-0.15, -0.1) is 0 Å². The molecule has 8 bridgehead atoms. The Balaban J connectivity index is 0.000000132. The summed E-state index contributed by atoms with van der Waals surface area (Å²) < 4.78 is 14.1. The van der Waals surface area contributed by atoms with Crippen molar-refractivity contribution in [3.05, 3.63) is 52.1 Å². The molecule has 7 nitrogen and oxygen atoms in total. The zero-order valence-corrected chi connectivity index (χ0v) is 42.7. The zero-order valence-electron chi connectivity index (χ0n) is 42.7. The van der Waals surface area contributed by atoms with E-state index < -0.39 is 11.2 Å². The van der Waals surface area contributed by atoms with Crippen molar-refractivity contribution in [1.29, 1.82) is 0 Å². The van der Waals surface area contributed by atoms with Crippen LogP contribution < -0.4 is 9.47 Å². The molecule has 360 valence electrons. The third-order valence-corrected chi connectivity index (χ3v) is 24.2. The number of benzene rings is 2. The van der Waals surface area contributed by atoms with Crippen molar-refractivity contribution in [1.82, 2.24) is 9.80 Å². The van der Waals surface area contributed by atoms with Gasteiger partial charge in [0.05, 0.1) is 11.2 Å². The van der Waals surface area contributed by atoms with Gasteiger partial charge in [-0.2, -0.15) is 0 Å². The Hall–Kier alpha value is -2.32. The van der Waals surface area contributed by atoms with E-state index in [1.807, 2.05) is 6.07 Å². The van der Waals surface area contributed by atoms with Gasteiger partial charge in [0.1, 0.15) is 18.0 Å². The number of fused-ring (bicyclic) bond motifs is 4. The molecule has 4 heterocycles. The minimum Gasteiger partial charge on any atom is -0.504 e. The molecule has 14 atom stereocenters. The van der Waals surface area contributed by atoms with Crippen molar-refractivity contribution in [2.45, 2.75) is 212 Å². The summed E-state index contributed by atoms with van der Waals surface area (Å²) >= 11 is 0. The molecule has 3 N–H and O–H groups in total. The van der Waals surface area contributed by atoms with E-state index >= 15 is 0 Å². The second kappa shape index (κ2) is 13.0. The zero-order chi connectivity index (χ0) is 46.4. The van der Waals surface area contributed by atoms with Crippen LogP contribution in [0.25, 0.3) is 0 Å². The number of nitrogens with zero attached hydrogens (tertiary/aromatic N) is 2. The third kappa shape index (κ3) is 4.97. The maximum atomic E-state index is 12.2. The molecule has 0 aromatic heterocycles. The molecule has 0 amide bonds. The van der Waals surface area contributed by atoms with E-state index in [4.69, 9.17) is 9.47 Å². The molecule has 7 heteroatoms. The van der Waals surface area contributed by atoms with Crippen molar-refractivity contribution in [3.63, 3.8) is 0 Å². The third-order valence-electron chi connectivity index (χ3n) is 24.2. The summed E-state index contributed by atoms with van der Waals surface area (Å²) in [6, 6.07) is 9.93. The van der Waals surface area contributed by atoms with Crippen LogP contribution in [-0.2, 0) is 23.7 Å². The Morgan fingerprint density at radius 3 is 1.45 bits per heavy atom. The van der Waals surface area contributed by atoms with E-state index in [-0.39, 0.29) is 67.4 Å². The first-order valence-electron chi connectivity index (χ1n) is 27.2. The summed E-state index contributed by atoms with van der Waals surface area (Å²) in [4.78, 5) is 5.77. The van der Waals surface area contributed by atoms with Crippen LogP contribution in [0.1, 0.15) is 174 Å². The number of piperidine rings is 2. The maximum absolute atomic E-state index is 12.2. The van der Waals surface area contributed by atoms with Gasteiger partial charge in [-0.3, -0.25) is 9.80 Å². The number of phenolic OH excluding ortho intramolecular Hbond substituents is 1. The first-order chi connectivity index (χ1) is 30.9. The Morgan fingerprint density at radius 1 is 0.591 bits per heavy atom. The molecule has 16 rings (SSSR count). The van der Waals surface area contributed by atoms with Crippen LogP contribution >= 0.6 is 0 Å². The number of rotatable bonds is 6. The molecular formula is C59H84N2O5. The molecule has 4 spiro atoms. The molecule has 2 aromatic carbocycles. The first-order valence-corrected chi connectivity index (χ1v) is 27.2. The molecule has 2 aromatic rings. The average molecular weight is 901 g/mol. The van der Waals surface area contributed by atoms with Gasteiger partial charge in [-0.05, 0) is 181 Å². The number of aromatic hydroxyl groups is 1. The SMILES string of the molecule is CC(C)(C)[C@@](C)(O)[C@H]1C[C@@]23CC[C@]1(C)[C@@H]1Oc4c(O)ccc5c4[C@@]12CCN(CC1CC1)[C@@H]3C5.Cc1ccc2c3c1O[C@H]1[C@@]4(C)CC[C@@]5(C[C@@H]4[C@](C)(O)C(C)(C)C)[C@@H](C2)N(CC2CC2)CC[C@]315. The molecule has 66 heavy (non-hydrogen) atoms. The van der Waals surface area contributed by atoms with Crippen LogP contribution in [-0.4, -0.2) is 86.8 Å². The molecule has 0 radical (unpaired) electrons. The summed E-state index contributed by atoms with van der Waals surface area (Å²) in [5.74, 6) is 4.56. The maximum Gasteiger partial charge on any atom is 0.165 e. The quantitative estimate of drug-likeness (QED) is 0.266. The predicted molar refractivity (Wildman–Crippen MR) is 260 cm³/mol. The van der Waals surface area contributed by atoms with Gasteiger partial charge in [0, 0.05) is 68.8 Å². The van der Waals surface area contributed by atoms with E-state index in [0.29, 0.717) is 17.8 Å². The molecule has 14 aliphatic rings. The lowest BCUT2D eigenvalue weighted by Gasteiger charge is -2.75. The van der Waals surface area contributed by atoms with E-state index in [1.54, 1.807) is 11.1 Å². The molecule has 0 unspecified atom stereocenters. The first kappa shape index (κ1) is 43.7. The van der Waals surface area contributed by atoms with E-state index in [0.717, 1.165) is 56.2 Å². The van der Waals surface area contributed by atoms with Gasteiger partial charge in [-0.1, -0.05) is 73.6 Å². The fourth-order valence-electron chi connectivity index (χ4n) is 19.6. The molecule has 2 saturated heterocycles. The number of aryl methyl sites for hydroxylation is 1. The van der Waals surface area contributed by atoms with Crippen molar-refractivity contribution >= 4 is 0 Å². The van der Waals surface area contributed by atoms with Crippen LogP contribution in [0.4, 0.5) is 0 Å². The summed E-state index contributed by atoms with van der Waals surface area (Å²) in [6.45, 7) is 29.6. The van der Waals surface area contributed by atoms with Gasteiger partial charge in [0.2, 0.25) is 0 Å². The topological polar surface area (TPSA) is 85.6 Å². The van der Waals surface area contributed by atoms with Crippen LogP contribution in [0.5, 0.6) is 17.2 Å². The minimum absolute atomic E-state index is 0.00180. The lowest BCUT2D eigenvalue weighted by atomic mass is 9.31. The number of likely N-dealkylation sites (tertiary alicyclic amines) is 2. The summed E-state index contributed by atoms with van der Waals surface area (Å²) in [5.41, 5.74) is 5.75. The number of phenols is 1. The van der Waals surface area contributed by atoms with Gasteiger partial charge in [0.15, 0.2) is 11.5 Å². The second-order valence-corrected chi connectivity index (χ2v) is 28.6. The monoisotopic (exact) mass is 901 g/mol. The largest absolute Gasteiger partial charge is 0.504 e. The van der Waals surface area contributed by atoms with Gasteiger partial charge in [0.25, 0.3) is 0 Å². The Kier molecular flexibility index (Phi) is 8.57. The molecule has 4 aliphatic heterocycles. The molecule has 10 fully saturated rings. The van der Waals surface area contributed by atoms with Crippen LogP contribution in [0, 0.1) is 63.1 Å². The smallest absolute Gasteiger partial charge is 0.165 e. The Labute approximate surface area is 397 Å². The fraction of sp³-hybridized carbons (Fsp3) is 0.797. The highest BCUT2D eigenvalue weighted by atomic mass is 16.5. The van der Waals surface area contributed by atoms with E-state index in [1.165, 1.54) is 99.9 Å². The second-order valence-electron chi connectivity index (χ2n) is 28.6. The van der Waals surface area contributed by atoms with E-state index in [2.05, 4.69) is 104 Å². The van der Waals surface area contributed by atoms with Crippen molar-refractivity contribution in [2.75, 3.05) is 26.2 Å². The predicted octanol–water partition coefficient (Wildman–Crippen LogP) is 10.7. The van der Waals surface area contributed by atoms with Crippen molar-refractivity contribution < 1.29 is 24.8 Å². The molecular weight excluding hydrogens is 817 g/mol. The number of hydrogen-bond donors (Lipinski definition) is 3. The fourth-order valence-corrected chi connectivity index (χ4v) is 19.6.